The number of benzene rings is 4. The molecule has 2 aliphatic heterocycles. The molecule has 1 saturated heterocycles. The van der Waals surface area contributed by atoms with Crippen LogP contribution in [0.15, 0.2) is 122 Å². The lowest BCUT2D eigenvalue weighted by molar-refractivity contribution is -0.147. The third-order valence-electron chi connectivity index (χ3n) is 13.5. The molecule has 1 fully saturated rings. The van der Waals surface area contributed by atoms with E-state index in [0.717, 1.165) is 47.3 Å². The van der Waals surface area contributed by atoms with Gasteiger partial charge >= 0.3 is 0 Å². The molecule has 16 heteroatoms. The molecular formula is C56H63Cl2N7O7. The first-order chi connectivity index (χ1) is 34.7. The maximum Gasteiger partial charge on any atom is 0.247 e. The van der Waals surface area contributed by atoms with E-state index in [2.05, 4.69) is 33.1 Å². The second-order valence-electron chi connectivity index (χ2n) is 18.6. The Labute approximate surface area is 432 Å². The summed E-state index contributed by atoms with van der Waals surface area (Å²) in [5.74, 6) is -2.25. The number of ether oxygens (including phenoxy) is 2. The fourth-order valence-corrected chi connectivity index (χ4v) is 9.27. The molecule has 0 bridgehead atoms. The van der Waals surface area contributed by atoms with Crippen molar-refractivity contribution < 1.29 is 33.4 Å². The number of aromatic nitrogens is 1. The molecule has 5 aromatic rings. The van der Waals surface area contributed by atoms with Crippen molar-refractivity contribution in [1.29, 1.82) is 0 Å². The summed E-state index contributed by atoms with van der Waals surface area (Å²) in [5.41, 5.74) is 6.47. The number of likely N-dealkylation sites (N-methyl/N-ethyl adjacent to an activating group) is 2. The minimum atomic E-state index is -1.19. The maximum absolute atomic E-state index is 15.1. The number of rotatable bonds is 12. The van der Waals surface area contributed by atoms with Crippen LogP contribution >= 0.6 is 23.2 Å². The predicted octanol–water partition coefficient (Wildman–Crippen LogP) is 7.76. The Kier molecular flexibility index (Phi) is 18.6. The molecule has 3 heterocycles. The summed E-state index contributed by atoms with van der Waals surface area (Å²) in [6.45, 7) is 4.95. The first-order valence-electron chi connectivity index (χ1n) is 24.3. The van der Waals surface area contributed by atoms with Crippen LogP contribution in [-0.4, -0.2) is 121 Å². The number of carbonyl (C=O) groups is 5. The quantitative estimate of drug-likeness (QED) is 0.113. The van der Waals surface area contributed by atoms with Crippen molar-refractivity contribution in [3.05, 3.63) is 154 Å². The summed E-state index contributed by atoms with van der Waals surface area (Å²) >= 11 is 12.8. The van der Waals surface area contributed by atoms with Crippen LogP contribution in [0.3, 0.4) is 0 Å². The third-order valence-corrected chi connectivity index (χ3v) is 14.0. The van der Waals surface area contributed by atoms with Crippen molar-refractivity contribution in [1.82, 2.24) is 35.6 Å². The zero-order valence-corrected chi connectivity index (χ0v) is 42.9. The molecule has 7 rings (SSSR count). The molecule has 2 aliphatic rings. The Morgan fingerprint density at radius 2 is 1.46 bits per heavy atom. The van der Waals surface area contributed by atoms with Crippen molar-refractivity contribution in [3.8, 4) is 22.6 Å². The van der Waals surface area contributed by atoms with Gasteiger partial charge in [0.1, 0.15) is 23.6 Å². The van der Waals surface area contributed by atoms with Gasteiger partial charge in [0.25, 0.3) is 0 Å². The van der Waals surface area contributed by atoms with Crippen molar-refractivity contribution in [2.45, 2.75) is 76.7 Å². The number of nitrogens with one attached hydrogen (secondary N) is 3. The van der Waals surface area contributed by atoms with Gasteiger partial charge in [0.2, 0.25) is 29.5 Å². The molecule has 0 aliphatic carbocycles. The van der Waals surface area contributed by atoms with E-state index in [9.17, 15) is 19.2 Å². The highest BCUT2D eigenvalue weighted by molar-refractivity contribution is 6.31. The Morgan fingerprint density at radius 1 is 0.750 bits per heavy atom. The number of carbonyl (C=O) groups excluding carboxylic acids is 5. The Bertz CT molecular complexity index is 2720. The van der Waals surface area contributed by atoms with Gasteiger partial charge in [0.15, 0.2) is 0 Å². The topological polar surface area (TPSA) is 163 Å². The average Bonchev–Trinajstić information content (AvgIpc) is 3.39. The lowest BCUT2D eigenvalue weighted by Gasteiger charge is -2.35. The Morgan fingerprint density at radius 3 is 2.17 bits per heavy atom. The lowest BCUT2D eigenvalue weighted by Crippen LogP contribution is -2.57. The molecule has 0 radical (unpaired) electrons. The number of methoxy groups -OCH3 is 1. The van der Waals surface area contributed by atoms with Gasteiger partial charge in [-0.2, -0.15) is 0 Å². The minimum absolute atomic E-state index is 0.0734. The monoisotopic (exact) mass is 1020 g/mol. The van der Waals surface area contributed by atoms with E-state index in [0.29, 0.717) is 33.5 Å². The van der Waals surface area contributed by atoms with Gasteiger partial charge in [-0.15, -0.1) is 0 Å². The standard InChI is InChI=1S/C56H63Cl2N7O7/c1-36-31-61-52(66)30-48(26-39-11-16-46(57)17-12-39)64(4)56(70)50(35-71-5)62-54(68)37(2)65(53(67)28-43(55(69)63(36)3)25-38-9-7-6-8-10-38)34-42-13-18-47(58)29-51(42)72-49-19-14-40(15-20-49)44-27-45(33-60-32-44)41-21-23-59-24-22-41/h6-21,27,29,32-33,36-37,43,48,50,59H,22-26,28,30-31,34-35H2,1-5H3,(H,61,66)(H,62,68)/t36-,37-,43+,48-,50-/m0/s1. The Balaban J connectivity index is 1.21. The van der Waals surface area contributed by atoms with Gasteiger partial charge < -0.3 is 40.1 Å². The van der Waals surface area contributed by atoms with E-state index >= 15 is 4.79 Å². The van der Waals surface area contributed by atoms with Crippen LogP contribution < -0.4 is 20.7 Å². The van der Waals surface area contributed by atoms with Gasteiger partial charge in [-0.3, -0.25) is 29.0 Å². The summed E-state index contributed by atoms with van der Waals surface area (Å²) in [4.78, 5) is 81.4. The van der Waals surface area contributed by atoms with Crippen LogP contribution in [0.5, 0.6) is 11.5 Å². The smallest absolute Gasteiger partial charge is 0.247 e. The molecule has 1 aromatic heterocycles. The molecule has 378 valence electrons. The molecule has 5 atom stereocenters. The number of nitrogens with zero attached hydrogens (tertiary/aromatic N) is 4. The predicted molar refractivity (Wildman–Crippen MR) is 280 cm³/mol. The van der Waals surface area contributed by atoms with E-state index in [1.807, 2.05) is 86.0 Å². The zero-order chi connectivity index (χ0) is 51.3. The molecule has 3 N–H and O–H groups in total. The first-order valence-corrected chi connectivity index (χ1v) is 25.0. The van der Waals surface area contributed by atoms with Crippen molar-refractivity contribution in [2.75, 3.05) is 47.4 Å². The summed E-state index contributed by atoms with van der Waals surface area (Å²) in [6.07, 6.45) is 7.03. The van der Waals surface area contributed by atoms with E-state index < -0.39 is 47.8 Å². The van der Waals surface area contributed by atoms with Crippen LogP contribution in [0.2, 0.25) is 10.0 Å². The van der Waals surface area contributed by atoms with Crippen LogP contribution in [0.25, 0.3) is 16.7 Å². The van der Waals surface area contributed by atoms with Gasteiger partial charge in [-0.05, 0) is 110 Å². The molecule has 0 unspecified atom stereocenters. The fraction of sp³-hybridized carbons (Fsp3) is 0.357. The SMILES string of the molecule is COC[C@@H]1NC(=O)[C@H](C)N(Cc2ccc(Cl)cc2Oc2ccc(-c3cncc(C4=CCNCC4)c3)cc2)C(=O)C[C@@H](Cc2ccccc2)C(=O)N(C)[C@@H](C)CNC(=O)C[C@H](Cc2ccc(Cl)cc2)N(C)C1=O. The number of halogens is 2. The normalized spacial score (nSPS) is 21.1. The van der Waals surface area contributed by atoms with E-state index in [4.69, 9.17) is 32.7 Å². The lowest BCUT2D eigenvalue weighted by atomic mass is 9.93. The highest BCUT2D eigenvalue weighted by Gasteiger charge is 2.36. The number of amides is 5. The van der Waals surface area contributed by atoms with Crippen LogP contribution in [-0.2, 0) is 48.1 Å². The molecular weight excluding hydrogens is 954 g/mol. The van der Waals surface area contributed by atoms with Gasteiger partial charge in [-0.25, -0.2) is 0 Å². The Hall–Kier alpha value is -6.58. The van der Waals surface area contributed by atoms with E-state index in [1.165, 1.54) is 22.5 Å². The van der Waals surface area contributed by atoms with Crippen LogP contribution in [0, 0.1) is 5.92 Å². The molecule has 0 saturated carbocycles. The molecule has 72 heavy (non-hydrogen) atoms. The highest BCUT2D eigenvalue weighted by atomic mass is 35.5. The van der Waals surface area contributed by atoms with Crippen LogP contribution in [0.1, 0.15) is 55.4 Å². The average molecular weight is 1020 g/mol. The molecule has 14 nitrogen and oxygen atoms in total. The summed E-state index contributed by atoms with van der Waals surface area (Å²) in [7, 11) is 4.66. The number of pyridine rings is 1. The maximum atomic E-state index is 15.1. The van der Waals surface area contributed by atoms with Gasteiger partial charge in [0.05, 0.1) is 19.1 Å². The third kappa shape index (κ3) is 14.1. The highest BCUT2D eigenvalue weighted by Crippen LogP contribution is 2.33. The second kappa shape index (κ2) is 25.2. The summed E-state index contributed by atoms with van der Waals surface area (Å²) in [6, 6.07) is 27.9. The molecule has 4 aromatic carbocycles. The zero-order valence-electron chi connectivity index (χ0n) is 41.4. The van der Waals surface area contributed by atoms with E-state index in [1.54, 1.807) is 56.3 Å². The minimum Gasteiger partial charge on any atom is -0.457 e. The van der Waals surface area contributed by atoms with Crippen LogP contribution in [0.4, 0.5) is 0 Å². The van der Waals surface area contributed by atoms with Gasteiger partial charge in [0, 0.05) is 92.8 Å². The fourth-order valence-electron chi connectivity index (χ4n) is 8.98. The molecule has 5 amide bonds. The summed E-state index contributed by atoms with van der Waals surface area (Å²) in [5, 5.41) is 10.1. The molecule has 0 spiro atoms. The summed E-state index contributed by atoms with van der Waals surface area (Å²) < 4.78 is 12.0. The van der Waals surface area contributed by atoms with Gasteiger partial charge in [-0.1, -0.05) is 89.9 Å². The van der Waals surface area contributed by atoms with E-state index in [-0.39, 0.29) is 50.8 Å². The number of hydrogen-bond donors (Lipinski definition) is 3. The van der Waals surface area contributed by atoms with Crippen molar-refractivity contribution in [3.63, 3.8) is 0 Å². The second-order valence-corrected chi connectivity index (χ2v) is 19.4. The van der Waals surface area contributed by atoms with Crippen molar-refractivity contribution in [2.24, 2.45) is 5.92 Å². The van der Waals surface area contributed by atoms with Crippen molar-refractivity contribution >= 4 is 58.3 Å². The number of hydrogen-bond acceptors (Lipinski definition) is 9. The largest absolute Gasteiger partial charge is 0.457 e. The first kappa shape index (κ1) is 53.2.